The average Bonchev–Trinajstić information content (AvgIpc) is 3.16. The van der Waals surface area contributed by atoms with E-state index in [-0.39, 0.29) is 17.5 Å². The lowest BCUT2D eigenvalue weighted by Crippen LogP contribution is -2.63. The molecule has 0 radical (unpaired) electrons. The average molecular weight is 568 g/mol. The lowest BCUT2D eigenvalue weighted by molar-refractivity contribution is -0.206. The Hall–Kier alpha value is -2.53. The van der Waals surface area contributed by atoms with Crippen molar-refractivity contribution in [3.05, 3.63) is 35.5 Å². The van der Waals surface area contributed by atoms with Crippen molar-refractivity contribution >= 4 is 19.6 Å². The lowest BCUT2D eigenvalue weighted by atomic mass is 10.00. The number of aliphatic hydroxyl groups is 1. The zero-order chi connectivity index (χ0) is 28.7. The van der Waals surface area contributed by atoms with E-state index >= 15 is 0 Å². The zero-order valence-corrected chi connectivity index (χ0v) is 23.3. The molecule has 0 bridgehead atoms. The van der Waals surface area contributed by atoms with E-state index in [0.29, 0.717) is 12.8 Å². The molecule has 3 rings (SSSR count). The summed E-state index contributed by atoms with van der Waals surface area (Å²) in [4.78, 5) is 24.4. The Kier molecular flexibility index (Phi) is 10.9. The van der Waals surface area contributed by atoms with Gasteiger partial charge in [-0.05, 0) is 39.3 Å². The van der Waals surface area contributed by atoms with Gasteiger partial charge in [0.1, 0.15) is 30.2 Å². The Bertz CT molecular complexity index is 1060. The second-order valence-corrected chi connectivity index (χ2v) is 11.3. The summed E-state index contributed by atoms with van der Waals surface area (Å²) in [7, 11) is -4.25. The van der Waals surface area contributed by atoms with Gasteiger partial charge in [0.05, 0.1) is 18.6 Å². The number of nitrogens with zero attached hydrogens (tertiary/aromatic N) is 2. The largest absolute Gasteiger partial charge is 0.753 e. The smallest absolute Gasteiger partial charge is 0.459 e. The topological polar surface area (TPSA) is 162 Å². The molecule has 39 heavy (non-hydrogen) atoms. The molecule has 2 aliphatic heterocycles. The molecule has 0 saturated carbocycles. The van der Waals surface area contributed by atoms with Crippen LogP contribution in [-0.4, -0.2) is 70.5 Å². The molecule has 2 unspecified atom stereocenters. The Labute approximate surface area is 228 Å². The number of carbonyl (C=O) groups is 2. The van der Waals surface area contributed by atoms with E-state index in [2.05, 4.69) is 16.4 Å². The SMILES string of the molecule is C#C[C@H]1[C@H](O)[C@@H](COP(=O)(N[C@@H](CCC)C(=O)OC(C)C)Oc2ccccc2)O[C@H]1N1C(C)CC(=O)NN1[O-]. The summed E-state index contributed by atoms with van der Waals surface area (Å²) >= 11 is 0. The highest BCUT2D eigenvalue weighted by molar-refractivity contribution is 7.52. The molecule has 0 aromatic heterocycles. The number of hydrogen-bond acceptors (Lipinski definition) is 11. The van der Waals surface area contributed by atoms with Crippen LogP contribution in [0.2, 0.25) is 0 Å². The number of carbonyl (C=O) groups excluding carboxylic acids is 2. The van der Waals surface area contributed by atoms with E-state index in [9.17, 15) is 24.5 Å². The summed E-state index contributed by atoms with van der Waals surface area (Å²) in [6.45, 7) is 6.44. The number of terminal acetylenes is 1. The van der Waals surface area contributed by atoms with Crippen LogP contribution in [0.4, 0.5) is 0 Å². The molecule has 2 saturated heterocycles. The first-order valence-electron chi connectivity index (χ1n) is 12.8. The molecule has 13 nitrogen and oxygen atoms in total. The number of ether oxygens (including phenoxy) is 2. The second kappa shape index (κ2) is 13.7. The van der Waals surface area contributed by atoms with E-state index in [1.807, 2.05) is 6.92 Å². The number of esters is 1. The molecule has 3 N–H and O–H groups in total. The van der Waals surface area contributed by atoms with Gasteiger partial charge in [0.15, 0.2) is 0 Å². The van der Waals surface area contributed by atoms with Gasteiger partial charge in [-0.3, -0.25) is 19.5 Å². The summed E-state index contributed by atoms with van der Waals surface area (Å²) in [5.41, 5.74) is 2.14. The third kappa shape index (κ3) is 8.00. The van der Waals surface area contributed by atoms with Crippen molar-refractivity contribution in [3.63, 3.8) is 0 Å². The molecule has 0 spiro atoms. The van der Waals surface area contributed by atoms with Crippen molar-refractivity contribution in [2.45, 2.75) is 83.6 Å². The maximum absolute atomic E-state index is 13.9. The van der Waals surface area contributed by atoms with Gasteiger partial charge in [-0.2, -0.15) is 5.09 Å². The van der Waals surface area contributed by atoms with Crippen LogP contribution in [0.5, 0.6) is 5.75 Å². The van der Waals surface area contributed by atoms with Crippen LogP contribution < -0.4 is 15.0 Å². The number of para-hydroxylation sites is 1. The van der Waals surface area contributed by atoms with Gasteiger partial charge in [-0.1, -0.05) is 37.5 Å². The molecule has 2 aliphatic rings. The number of hydrazine groups is 2. The third-order valence-corrected chi connectivity index (χ3v) is 7.66. The summed E-state index contributed by atoms with van der Waals surface area (Å²) < 4.78 is 36.5. The minimum absolute atomic E-state index is 0.0164. The maximum atomic E-state index is 13.9. The second-order valence-electron chi connectivity index (χ2n) is 9.64. The van der Waals surface area contributed by atoms with Gasteiger partial charge in [-0.25, -0.2) is 14.9 Å². The third-order valence-electron chi connectivity index (χ3n) is 6.09. The molecule has 1 aromatic carbocycles. The first kappa shape index (κ1) is 31.0. The van der Waals surface area contributed by atoms with Crippen molar-refractivity contribution in [1.82, 2.24) is 20.8 Å². The van der Waals surface area contributed by atoms with Gasteiger partial charge >= 0.3 is 13.7 Å². The van der Waals surface area contributed by atoms with Gasteiger partial charge in [0.25, 0.3) is 0 Å². The van der Waals surface area contributed by atoms with E-state index in [1.54, 1.807) is 51.1 Å². The fraction of sp³-hybridized carbons (Fsp3) is 0.600. The van der Waals surface area contributed by atoms with Crippen LogP contribution in [0.15, 0.2) is 30.3 Å². The molecular weight excluding hydrogens is 531 g/mol. The van der Waals surface area contributed by atoms with Crippen LogP contribution in [-0.2, 0) is 28.2 Å². The summed E-state index contributed by atoms with van der Waals surface area (Å²) in [5, 5.41) is 27.5. The number of hydrogen-bond donors (Lipinski definition) is 3. The highest BCUT2D eigenvalue weighted by atomic mass is 31.2. The van der Waals surface area contributed by atoms with Crippen molar-refractivity contribution in [2.75, 3.05) is 6.61 Å². The van der Waals surface area contributed by atoms with Gasteiger partial charge in [0, 0.05) is 12.5 Å². The fourth-order valence-electron chi connectivity index (χ4n) is 4.31. The summed E-state index contributed by atoms with van der Waals surface area (Å²) in [5.74, 6) is 0.599. The van der Waals surface area contributed by atoms with E-state index in [4.69, 9.17) is 24.9 Å². The quantitative estimate of drug-likeness (QED) is 0.192. The summed E-state index contributed by atoms with van der Waals surface area (Å²) in [6.07, 6.45) is 2.62. The van der Waals surface area contributed by atoms with Gasteiger partial charge in [-0.15, -0.1) is 6.42 Å². The molecular formula is C25H36N4O9P-. The highest BCUT2D eigenvalue weighted by Gasteiger charge is 2.49. The first-order valence-corrected chi connectivity index (χ1v) is 14.3. The predicted octanol–water partition coefficient (Wildman–Crippen LogP) is 2.08. The molecule has 14 heteroatoms. The van der Waals surface area contributed by atoms with Crippen LogP contribution in [0.1, 0.15) is 47.0 Å². The van der Waals surface area contributed by atoms with Crippen LogP contribution in [0, 0.1) is 23.5 Å². The van der Waals surface area contributed by atoms with E-state index in [1.165, 1.54) is 5.01 Å². The lowest BCUT2D eigenvalue weighted by Gasteiger charge is -2.49. The molecule has 1 aromatic rings. The molecule has 2 fully saturated rings. The van der Waals surface area contributed by atoms with E-state index in [0.717, 1.165) is 0 Å². The first-order chi connectivity index (χ1) is 18.5. The Balaban J connectivity index is 1.80. The molecule has 216 valence electrons. The predicted molar refractivity (Wildman–Crippen MR) is 140 cm³/mol. The van der Waals surface area contributed by atoms with Crippen LogP contribution >= 0.6 is 7.75 Å². The number of aliphatic hydroxyl groups excluding tert-OH is 1. The van der Waals surface area contributed by atoms with Crippen molar-refractivity contribution in [3.8, 4) is 18.1 Å². The van der Waals surface area contributed by atoms with Crippen LogP contribution in [0.25, 0.3) is 0 Å². The Morgan fingerprint density at radius 2 is 2.08 bits per heavy atom. The van der Waals surface area contributed by atoms with E-state index < -0.39 is 68.8 Å². The minimum atomic E-state index is -4.25. The molecule has 7 atom stereocenters. The highest BCUT2D eigenvalue weighted by Crippen LogP contribution is 2.46. The van der Waals surface area contributed by atoms with Crippen molar-refractivity contribution in [2.24, 2.45) is 5.92 Å². The fourth-order valence-corrected chi connectivity index (χ4v) is 5.84. The van der Waals surface area contributed by atoms with Crippen LogP contribution in [0.3, 0.4) is 0 Å². The van der Waals surface area contributed by atoms with Gasteiger partial charge in [0.2, 0.25) is 5.91 Å². The normalized spacial score (nSPS) is 28.4. The monoisotopic (exact) mass is 567 g/mol. The van der Waals surface area contributed by atoms with Crippen molar-refractivity contribution in [1.29, 1.82) is 0 Å². The Morgan fingerprint density at radius 3 is 2.67 bits per heavy atom. The van der Waals surface area contributed by atoms with Crippen molar-refractivity contribution < 1.29 is 37.8 Å². The summed E-state index contributed by atoms with van der Waals surface area (Å²) in [6, 6.07) is 6.67. The Morgan fingerprint density at radius 1 is 1.38 bits per heavy atom. The number of benzene rings is 1. The maximum Gasteiger partial charge on any atom is 0.459 e. The number of rotatable bonds is 12. The zero-order valence-electron chi connectivity index (χ0n) is 22.4. The number of amides is 1. The van der Waals surface area contributed by atoms with Gasteiger partial charge < -0.3 is 24.3 Å². The number of nitrogens with one attached hydrogen (secondary N) is 2. The molecule has 2 heterocycles. The molecule has 1 amide bonds. The molecule has 0 aliphatic carbocycles. The standard InChI is InChI=1S/C25H36N4O9P/c1-6-11-20(25(32)36-16(3)4)27-39(34,38-18-12-9-8-10-13-18)35-15-21-23(31)19(7-2)24(37-21)28-17(5)14-22(30)26-29(28)33/h2,8-10,12-13,16-17,19-21,23-24,31H,6,11,14-15H2,1,3-5H3,(H,26,30)(H,27,34)/q-1/t17?,19-,20-,21+,23-,24+,39?/m0/s1. The minimum Gasteiger partial charge on any atom is -0.753 e.